The fourth-order valence-electron chi connectivity index (χ4n) is 3.64. The van der Waals surface area contributed by atoms with Crippen molar-refractivity contribution in [1.29, 1.82) is 0 Å². The summed E-state index contributed by atoms with van der Waals surface area (Å²) >= 11 is 3.30. The Morgan fingerprint density at radius 1 is 1.38 bits per heavy atom. The van der Waals surface area contributed by atoms with Gasteiger partial charge in [-0.2, -0.15) is 0 Å². The molecular weight excluding hydrogens is 366 g/mol. The first kappa shape index (κ1) is 17.8. The van der Waals surface area contributed by atoms with Crippen molar-refractivity contribution in [3.8, 4) is 0 Å². The van der Waals surface area contributed by atoms with E-state index in [1.165, 1.54) is 10.4 Å². The Hall–Kier alpha value is -1.60. The van der Waals surface area contributed by atoms with Gasteiger partial charge in [0.15, 0.2) is 5.16 Å². The minimum atomic E-state index is 0.116. The van der Waals surface area contributed by atoms with Gasteiger partial charge in [-0.1, -0.05) is 23.8 Å². The van der Waals surface area contributed by atoms with Crippen LogP contribution in [0.15, 0.2) is 14.5 Å². The normalized spacial score (nSPS) is 17.0. The maximum absolute atomic E-state index is 13.2. The monoisotopic (exact) mass is 389 g/mol. The molecule has 0 unspecified atom stereocenters. The van der Waals surface area contributed by atoms with Crippen LogP contribution in [0.2, 0.25) is 0 Å². The maximum Gasteiger partial charge on any atom is 0.263 e. The first-order valence-corrected chi connectivity index (χ1v) is 10.9. The van der Waals surface area contributed by atoms with Crippen molar-refractivity contribution in [2.24, 2.45) is 5.92 Å². The Balaban J connectivity index is 1.77. The highest BCUT2D eigenvalue weighted by Gasteiger charge is 2.24. The first-order chi connectivity index (χ1) is 12.5. The molecule has 0 fully saturated rings. The summed E-state index contributed by atoms with van der Waals surface area (Å²) in [7, 11) is 0. The summed E-state index contributed by atoms with van der Waals surface area (Å²) in [6, 6.07) is 0. The third kappa shape index (κ3) is 2.91. The second kappa shape index (κ2) is 6.85. The molecule has 4 rings (SSSR count). The highest BCUT2D eigenvalue weighted by molar-refractivity contribution is 7.98. The zero-order valence-corrected chi connectivity index (χ0v) is 17.2. The van der Waals surface area contributed by atoms with Crippen LogP contribution in [0.1, 0.15) is 47.7 Å². The lowest BCUT2D eigenvalue weighted by Crippen LogP contribution is -2.23. The van der Waals surface area contributed by atoms with Gasteiger partial charge in [0.05, 0.1) is 11.1 Å². The molecular formula is C19H23N3O2S2. The number of rotatable bonds is 4. The minimum Gasteiger partial charge on any atom is -0.361 e. The predicted octanol–water partition coefficient (Wildman–Crippen LogP) is 4.50. The van der Waals surface area contributed by atoms with Gasteiger partial charge in [-0.15, -0.1) is 11.3 Å². The summed E-state index contributed by atoms with van der Waals surface area (Å²) in [5, 5.41) is 5.66. The lowest BCUT2D eigenvalue weighted by molar-refractivity contribution is 0.392. The molecule has 0 amide bonds. The molecule has 3 aromatic heterocycles. The molecule has 0 aromatic carbocycles. The van der Waals surface area contributed by atoms with Gasteiger partial charge in [-0.3, -0.25) is 9.36 Å². The molecule has 0 N–H and O–H groups in total. The average molecular weight is 390 g/mol. The van der Waals surface area contributed by atoms with Crippen LogP contribution in [0.4, 0.5) is 0 Å². The molecule has 0 spiro atoms. The number of thiophene rings is 1. The zero-order chi connectivity index (χ0) is 18.4. The van der Waals surface area contributed by atoms with E-state index in [2.05, 4.69) is 12.1 Å². The molecule has 0 aliphatic heterocycles. The summed E-state index contributed by atoms with van der Waals surface area (Å²) in [6.45, 7) is 8.80. The highest BCUT2D eigenvalue weighted by Crippen LogP contribution is 2.37. The number of thioether (sulfide) groups is 1. The molecule has 0 radical (unpaired) electrons. The van der Waals surface area contributed by atoms with Gasteiger partial charge < -0.3 is 4.52 Å². The van der Waals surface area contributed by atoms with Crippen LogP contribution in [-0.2, 0) is 25.1 Å². The Kier molecular flexibility index (Phi) is 4.69. The van der Waals surface area contributed by atoms with E-state index in [9.17, 15) is 4.79 Å². The molecule has 138 valence electrons. The van der Waals surface area contributed by atoms with Crippen molar-refractivity contribution in [3.05, 3.63) is 37.8 Å². The van der Waals surface area contributed by atoms with Gasteiger partial charge in [0.1, 0.15) is 10.6 Å². The van der Waals surface area contributed by atoms with Crippen LogP contribution >= 0.6 is 23.1 Å². The SMILES string of the molecule is CCn1c(SCc2c(C)noc2C)nc2sc3c(c2c1=O)CC[C@H](C)C3. The molecule has 26 heavy (non-hydrogen) atoms. The molecule has 1 aliphatic rings. The molecule has 0 saturated carbocycles. The van der Waals surface area contributed by atoms with E-state index in [4.69, 9.17) is 9.51 Å². The molecule has 1 aliphatic carbocycles. The third-order valence-corrected chi connectivity index (χ3v) is 7.37. The summed E-state index contributed by atoms with van der Waals surface area (Å²) in [5.41, 5.74) is 3.37. The lowest BCUT2D eigenvalue weighted by Gasteiger charge is -2.17. The number of hydrogen-bond acceptors (Lipinski definition) is 6. The van der Waals surface area contributed by atoms with Crippen LogP contribution in [0, 0.1) is 19.8 Å². The second-order valence-corrected chi connectivity index (χ2v) is 9.09. The Bertz CT molecular complexity index is 1010. The van der Waals surface area contributed by atoms with Crippen molar-refractivity contribution in [2.45, 2.75) is 64.4 Å². The number of aryl methyl sites for hydroxylation is 3. The van der Waals surface area contributed by atoms with Gasteiger partial charge in [-0.05, 0) is 51.5 Å². The molecule has 5 nitrogen and oxygen atoms in total. The molecule has 1 atom stereocenters. The van der Waals surface area contributed by atoms with Gasteiger partial charge in [0.2, 0.25) is 0 Å². The predicted molar refractivity (Wildman–Crippen MR) is 106 cm³/mol. The van der Waals surface area contributed by atoms with Crippen molar-refractivity contribution in [3.63, 3.8) is 0 Å². The fraction of sp³-hybridized carbons (Fsp3) is 0.526. The summed E-state index contributed by atoms with van der Waals surface area (Å²) < 4.78 is 7.06. The van der Waals surface area contributed by atoms with Gasteiger partial charge in [0.25, 0.3) is 5.56 Å². The standard InChI is InChI=1S/C19H23N3O2S2/c1-5-22-18(23)16-13-7-6-10(2)8-15(13)26-17(16)20-19(22)25-9-14-11(3)21-24-12(14)4/h10H,5-9H2,1-4H3/t10-/m0/s1. The van der Waals surface area contributed by atoms with Crippen LogP contribution in [-0.4, -0.2) is 14.7 Å². The molecule has 3 aromatic rings. The Labute approximate surface area is 160 Å². The van der Waals surface area contributed by atoms with Crippen molar-refractivity contribution in [1.82, 2.24) is 14.7 Å². The minimum absolute atomic E-state index is 0.116. The van der Waals surface area contributed by atoms with Crippen LogP contribution in [0.5, 0.6) is 0 Å². The smallest absolute Gasteiger partial charge is 0.263 e. The van der Waals surface area contributed by atoms with Gasteiger partial charge in [-0.25, -0.2) is 4.98 Å². The van der Waals surface area contributed by atoms with E-state index in [0.29, 0.717) is 18.2 Å². The quantitative estimate of drug-likeness (QED) is 0.486. The number of hydrogen-bond donors (Lipinski definition) is 0. The van der Waals surface area contributed by atoms with E-state index in [1.807, 2.05) is 25.3 Å². The van der Waals surface area contributed by atoms with E-state index >= 15 is 0 Å². The van der Waals surface area contributed by atoms with E-state index < -0.39 is 0 Å². The third-order valence-electron chi connectivity index (χ3n) is 5.22. The summed E-state index contributed by atoms with van der Waals surface area (Å²) in [4.78, 5) is 20.3. The van der Waals surface area contributed by atoms with Crippen LogP contribution < -0.4 is 5.56 Å². The largest absolute Gasteiger partial charge is 0.361 e. The highest BCUT2D eigenvalue weighted by atomic mass is 32.2. The summed E-state index contributed by atoms with van der Waals surface area (Å²) in [6.07, 6.45) is 3.24. The molecule has 0 saturated heterocycles. The van der Waals surface area contributed by atoms with Crippen molar-refractivity contribution in [2.75, 3.05) is 0 Å². The number of nitrogens with zero attached hydrogens (tertiary/aromatic N) is 3. The molecule has 7 heteroatoms. The summed E-state index contributed by atoms with van der Waals surface area (Å²) in [5.74, 6) is 2.24. The molecule has 0 bridgehead atoms. The van der Waals surface area contributed by atoms with E-state index in [-0.39, 0.29) is 5.56 Å². The number of aromatic nitrogens is 3. The van der Waals surface area contributed by atoms with Crippen LogP contribution in [0.25, 0.3) is 10.2 Å². The van der Waals surface area contributed by atoms with Gasteiger partial charge >= 0.3 is 0 Å². The van der Waals surface area contributed by atoms with Crippen LogP contribution in [0.3, 0.4) is 0 Å². The second-order valence-electron chi connectivity index (χ2n) is 7.07. The van der Waals surface area contributed by atoms with Crippen molar-refractivity contribution < 1.29 is 4.52 Å². The maximum atomic E-state index is 13.2. The number of fused-ring (bicyclic) bond motifs is 3. The Morgan fingerprint density at radius 2 is 2.19 bits per heavy atom. The molecule has 3 heterocycles. The average Bonchev–Trinajstić information content (AvgIpc) is 3.12. The zero-order valence-electron chi connectivity index (χ0n) is 15.6. The lowest BCUT2D eigenvalue weighted by atomic mass is 9.89. The van der Waals surface area contributed by atoms with E-state index in [0.717, 1.165) is 51.7 Å². The van der Waals surface area contributed by atoms with Gasteiger partial charge in [0, 0.05) is 22.7 Å². The fourth-order valence-corrected chi connectivity index (χ4v) is 6.28. The first-order valence-electron chi connectivity index (χ1n) is 9.09. The van der Waals surface area contributed by atoms with E-state index in [1.54, 1.807) is 23.1 Å². The topological polar surface area (TPSA) is 60.9 Å². The van der Waals surface area contributed by atoms with Crippen molar-refractivity contribution >= 4 is 33.3 Å². The Morgan fingerprint density at radius 3 is 2.88 bits per heavy atom.